The lowest BCUT2D eigenvalue weighted by molar-refractivity contribution is 0.0594. The second-order valence-corrected chi connectivity index (χ2v) is 5.29. The highest BCUT2D eigenvalue weighted by Gasteiger charge is 2.13. The number of esters is 1. The van der Waals surface area contributed by atoms with Gasteiger partial charge in [-0.15, -0.1) is 5.10 Å². The van der Waals surface area contributed by atoms with Crippen molar-refractivity contribution in [3.05, 3.63) is 52.7 Å². The molecule has 8 nitrogen and oxygen atoms in total. The zero-order chi connectivity index (χ0) is 17.1. The van der Waals surface area contributed by atoms with Gasteiger partial charge in [0, 0.05) is 0 Å². The third-order valence-corrected chi connectivity index (χ3v) is 3.56. The van der Waals surface area contributed by atoms with Crippen molar-refractivity contribution in [2.45, 2.75) is 6.54 Å². The number of carbonyl (C=O) groups excluding carboxylic acids is 1. The Kier molecular flexibility index (Phi) is 4.52. The van der Waals surface area contributed by atoms with Crippen molar-refractivity contribution in [2.24, 2.45) is 0 Å². The summed E-state index contributed by atoms with van der Waals surface area (Å²) >= 11 is 3.25. The highest BCUT2D eigenvalue weighted by atomic mass is 79.9. The lowest BCUT2D eigenvalue weighted by Crippen LogP contribution is -2.07. The predicted molar refractivity (Wildman–Crippen MR) is 91.5 cm³/mol. The van der Waals surface area contributed by atoms with Crippen molar-refractivity contribution < 1.29 is 9.53 Å². The van der Waals surface area contributed by atoms with Gasteiger partial charge in [0.2, 0.25) is 0 Å². The number of methoxy groups -OCH3 is 1. The van der Waals surface area contributed by atoms with E-state index in [1.165, 1.54) is 17.8 Å². The Morgan fingerprint density at radius 1 is 1.46 bits per heavy atom. The molecule has 0 saturated heterocycles. The summed E-state index contributed by atoms with van der Waals surface area (Å²) in [5.74, 6) is -0.501. The van der Waals surface area contributed by atoms with Crippen LogP contribution in [0.4, 0.5) is 0 Å². The molecule has 122 valence electrons. The van der Waals surface area contributed by atoms with E-state index in [-0.39, 0.29) is 5.69 Å². The minimum Gasteiger partial charge on any atom is -0.464 e. The summed E-state index contributed by atoms with van der Waals surface area (Å²) in [7, 11) is 1.31. The summed E-state index contributed by atoms with van der Waals surface area (Å²) in [6.45, 7) is 4.14. The van der Waals surface area contributed by atoms with Gasteiger partial charge in [-0.25, -0.2) is 19.0 Å². The first-order valence-corrected chi connectivity index (χ1v) is 7.84. The summed E-state index contributed by atoms with van der Waals surface area (Å²) in [6, 6.07) is 3.60. The van der Waals surface area contributed by atoms with Crippen LogP contribution in [0.1, 0.15) is 27.6 Å². The van der Waals surface area contributed by atoms with Gasteiger partial charge in [-0.2, -0.15) is 5.10 Å². The molecule has 3 aromatic rings. The van der Waals surface area contributed by atoms with Gasteiger partial charge >= 0.3 is 5.97 Å². The Balaban J connectivity index is 1.94. The number of aromatic nitrogens is 6. The molecule has 9 heteroatoms. The maximum absolute atomic E-state index is 11.5. The Hall–Kier alpha value is -2.81. The molecule has 3 rings (SSSR count). The molecule has 0 atom stereocenters. The van der Waals surface area contributed by atoms with Crippen LogP contribution >= 0.6 is 15.9 Å². The van der Waals surface area contributed by atoms with Crippen LogP contribution in [-0.4, -0.2) is 42.7 Å². The SMILES string of the molecule is C=Cc1nnn(Cc2ccc3nc(C(=O)OC)cn3n2)c1C=CBr. The fourth-order valence-corrected chi connectivity index (χ4v) is 2.44. The average Bonchev–Trinajstić information content (AvgIpc) is 3.18. The number of rotatable bonds is 5. The molecule has 0 aromatic carbocycles. The third kappa shape index (κ3) is 2.98. The normalized spacial score (nSPS) is 11.2. The van der Waals surface area contributed by atoms with Gasteiger partial charge in [-0.05, 0) is 29.3 Å². The number of hydrogen-bond acceptors (Lipinski definition) is 6. The number of nitrogens with zero attached hydrogens (tertiary/aromatic N) is 6. The van der Waals surface area contributed by atoms with E-state index in [1.54, 1.807) is 21.8 Å². The summed E-state index contributed by atoms with van der Waals surface area (Å²) in [5.41, 5.74) is 3.00. The maximum atomic E-state index is 11.5. The first-order chi connectivity index (χ1) is 11.7. The van der Waals surface area contributed by atoms with Crippen LogP contribution in [-0.2, 0) is 11.3 Å². The molecule has 0 aliphatic rings. The van der Waals surface area contributed by atoms with Crippen molar-refractivity contribution in [1.82, 2.24) is 29.6 Å². The first kappa shape index (κ1) is 16.1. The molecule has 0 radical (unpaired) electrons. The van der Waals surface area contributed by atoms with E-state index >= 15 is 0 Å². The molecule has 0 aliphatic heterocycles. The standard InChI is InChI=1S/C15H13BrN6O2/c1-3-11-13(6-7-16)21(20-18-11)8-10-4-5-14-17-12(15(23)24-2)9-22(14)19-10/h3-7,9H,1,8H2,2H3. The summed E-state index contributed by atoms with van der Waals surface area (Å²) < 4.78 is 7.91. The van der Waals surface area contributed by atoms with E-state index in [1.807, 2.05) is 12.1 Å². The lowest BCUT2D eigenvalue weighted by atomic mass is 10.3. The second-order valence-electron chi connectivity index (χ2n) is 4.76. The van der Waals surface area contributed by atoms with Crippen molar-refractivity contribution in [2.75, 3.05) is 7.11 Å². The van der Waals surface area contributed by atoms with Crippen LogP contribution < -0.4 is 0 Å². The molecule has 0 fully saturated rings. The van der Waals surface area contributed by atoms with Crippen LogP contribution in [0.3, 0.4) is 0 Å². The Morgan fingerprint density at radius 3 is 3.00 bits per heavy atom. The van der Waals surface area contributed by atoms with Crippen LogP contribution in [0, 0.1) is 0 Å². The Labute approximate surface area is 145 Å². The third-order valence-electron chi connectivity index (χ3n) is 3.30. The highest BCUT2D eigenvalue weighted by Crippen LogP contribution is 2.13. The number of fused-ring (bicyclic) bond motifs is 1. The minimum absolute atomic E-state index is 0.208. The smallest absolute Gasteiger partial charge is 0.358 e. The number of carbonyl (C=O) groups is 1. The van der Waals surface area contributed by atoms with Crippen molar-refractivity contribution >= 4 is 39.7 Å². The molecule has 24 heavy (non-hydrogen) atoms. The summed E-state index contributed by atoms with van der Waals surface area (Å²) in [5, 5.41) is 12.6. The zero-order valence-corrected chi connectivity index (χ0v) is 14.3. The molecule has 3 aromatic heterocycles. The first-order valence-electron chi connectivity index (χ1n) is 6.92. The average molecular weight is 389 g/mol. The van der Waals surface area contributed by atoms with Gasteiger partial charge in [-0.1, -0.05) is 27.7 Å². The molecule has 0 bridgehead atoms. The quantitative estimate of drug-likeness (QED) is 0.622. The van der Waals surface area contributed by atoms with Gasteiger partial charge in [0.05, 0.1) is 31.2 Å². The Morgan fingerprint density at radius 2 is 2.29 bits per heavy atom. The minimum atomic E-state index is -0.501. The fourth-order valence-electron chi connectivity index (χ4n) is 2.19. The monoisotopic (exact) mass is 388 g/mol. The van der Waals surface area contributed by atoms with Crippen molar-refractivity contribution in [3.63, 3.8) is 0 Å². The summed E-state index contributed by atoms with van der Waals surface area (Å²) in [6.07, 6.45) is 5.00. The highest BCUT2D eigenvalue weighted by molar-refractivity contribution is 9.11. The van der Waals surface area contributed by atoms with Crippen LogP contribution in [0.25, 0.3) is 17.8 Å². The molecule has 3 heterocycles. The molecule has 0 aliphatic carbocycles. The second kappa shape index (κ2) is 6.75. The zero-order valence-electron chi connectivity index (χ0n) is 12.8. The van der Waals surface area contributed by atoms with Crippen LogP contribution in [0.2, 0.25) is 0 Å². The number of hydrogen-bond donors (Lipinski definition) is 0. The van der Waals surface area contributed by atoms with Gasteiger partial charge in [0.25, 0.3) is 0 Å². The van der Waals surface area contributed by atoms with Crippen LogP contribution in [0.5, 0.6) is 0 Å². The lowest BCUT2D eigenvalue weighted by Gasteiger charge is -2.04. The van der Waals surface area contributed by atoms with Crippen molar-refractivity contribution in [1.29, 1.82) is 0 Å². The topological polar surface area (TPSA) is 87.2 Å². The fraction of sp³-hybridized carbons (Fsp3) is 0.133. The van der Waals surface area contributed by atoms with Crippen LogP contribution in [0.15, 0.2) is 29.9 Å². The van der Waals surface area contributed by atoms with Gasteiger partial charge in [0.15, 0.2) is 11.3 Å². The van der Waals surface area contributed by atoms with Gasteiger partial charge in [0.1, 0.15) is 5.69 Å². The predicted octanol–water partition coefficient (Wildman–Crippen LogP) is 2.16. The molecular formula is C15H13BrN6O2. The van der Waals surface area contributed by atoms with E-state index < -0.39 is 5.97 Å². The number of ether oxygens (including phenoxy) is 1. The van der Waals surface area contributed by atoms with E-state index in [9.17, 15) is 4.79 Å². The molecule has 0 amide bonds. The molecular weight excluding hydrogens is 376 g/mol. The van der Waals surface area contributed by atoms with E-state index in [4.69, 9.17) is 0 Å². The van der Waals surface area contributed by atoms with E-state index in [0.717, 1.165) is 11.4 Å². The number of halogens is 1. The molecule has 0 N–H and O–H groups in total. The maximum Gasteiger partial charge on any atom is 0.358 e. The molecule has 0 saturated carbocycles. The molecule has 0 unspecified atom stereocenters. The largest absolute Gasteiger partial charge is 0.464 e. The Bertz CT molecular complexity index is 943. The van der Waals surface area contributed by atoms with Crippen molar-refractivity contribution in [3.8, 4) is 0 Å². The van der Waals surface area contributed by atoms with Gasteiger partial charge in [-0.3, -0.25) is 0 Å². The van der Waals surface area contributed by atoms with E-state index in [2.05, 4.69) is 47.6 Å². The van der Waals surface area contributed by atoms with Gasteiger partial charge < -0.3 is 4.74 Å². The van der Waals surface area contributed by atoms with E-state index in [0.29, 0.717) is 17.9 Å². The molecule has 0 spiro atoms. The summed E-state index contributed by atoms with van der Waals surface area (Å²) in [4.78, 5) is 17.4. The number of imidazole rings is 1.